The molecule has 0 aliphatic heterocycles. The number of aryl methyl sites for hydroxylation is 2. The molecule has 0 fully saturated rings. The Labute approximate surface area is 127 Å². The molecule has 0 saturated carbocycles. The molecular weight excluding hydrogens is 286 g/mol. The fourth-order valence-corrected chi connectivity index (χ4v) is 3.69. The highest BCUT2D eigenvalue weighted by Gasteiger charge is 2.27. The second-order valence-electron chi connectivity index (χ2n) is 5.16. The maximum absolute atomic E-state index is 12.3. The van der Waals surface area contributed by atoms with Crippen molar-refractivity contribution in [1.82, 2.24) is 15.1 Å². The van der Waals surface area contributed by atoms with Crippen molar-refractivity contribution in [3.63, 3.8) is 0 Å². The maximum Gasteiger partial charge on any atom is 0.272 e. The van der Waals surface area contributed by atoms with Crippen molar-refractivity contribution in [3.05, 3.63) is 27.6 Å². The van der Waals surface area contributed by atoms with E-state index in [1.54, 1.807) is 18.4 Å². The number of thiophene rings is 1. The number of hydrogen-bond donors (Lipinski definition) is 1. The highest BCUT2D eigenvalue weighted by Crippen LogP contribution is 2.37. The minimum absolute atomic E-state index is 0.0818. The fourth-order valence-electron chi connectivity index (χ4n) is 2.81. The van der Waals surface area contributed by atoms with Gasteiger partial charge in [-0.25, -0.2) is 0 Å². The van der Waals surface area contributed by atoms with Gasteiger partial charge >= 0.3 is 0 Å². The SMILES string of the molecule is COCCCNC(=O)c1nn(C)c2c1CCc1sccc1-2. The quantitative estimate of drug-likeness (QED) is 0.860. The van der Waals surface area contributed by atoms with Crippen LogP contribution in [0.2, 0.25) is 0 Å². The topological polar surface area (TPSA) is 56.1 Å². The van der Waals surface area contributed by atoms with E-state index in [1.165, 1.54) is 10.4 Å². The van der Waals surface area contributed by atoms with E-state index in [9.17, 15) is 4.79 Å². The van der Waals surface area contributed by atoms with Crippen LogP contribution in [0.1, 0.15) is 27.3 Å². The Morgan fingerprint density at radius 1 is 1.52 bits per heavy atom. The highest BCUT2D eigenvalue weighted by atomic mass is 32.1. The second kappa shape index (κ2) is 5.99. The number of nitrogens with one attached hydrogen (secondary N) is 1. The van der Waals surface area contributed by atoms with E-state index in [4.69, 9.17) is 4.74 Å². The van der Waals surface area contributed by atoms with E-state index >= 15 is 0 Å². The molecule has 0 atom stereocenters. The summed E-state index contributed by atoms with van der Waals surface area (Å²) < 4.78 is 6.82. The number of carbonyl (C=O) groups is 1. The number of aromatic nitrogens is 2. The number of methoxy groups -OCH3 is 1. The molecule has 2 aromatic heterocycles. The summed E-state index contributed by atoms with van der Waals surface area (Å²) in [5, 5.41) is 9.48. The van der Waals surface area contributed by atoms with E-state index in [2.05, 4.69) is 21.9 Å². The van der Waals surface area contributed by atoms with Crippen LogP contribution >= 0.6 is 11.3 Å². The normalized spacial score (nSPS) is 12.9. The number of carbonyl (C=O) groups excluding carboxylic acids is 1. The molecule has 1 aliphatic rings. The lowest BCUT2D eigenvalue weighted by atomic mass is 9.94. The number of rotatable bonds is 5. The Kier molecular flexibility index (Phi) is 4.07. The van der Waals surface area contributed by atoms with Crippen molar-refractivity contribution in [3.8, 4) is 11.3 Å². The summed E-state index contributed by atoms with van der Waals surface area (Å²) in [5.74, 6) is -0.0818. The van der Waals surface area contributed by atoms with Crippen LogP contribution in [0, 0.1) is 0 Å². The Morgan fingerprint density at radius 2 is 2.38 bits per heavy atom. The van der Waals surface area contributed by atoms with Crippen molar-refractivity contribution in [2.75, 3.05) is 20.3 Å². The first kappa shape index (κ1) is 14.3. The first-order valence-electron chi connectivity index (χ1n) is 7.12. The number of nitrogens with zero attached hydrogens (tertiary/aromatic N) is 2. The van der Waals surface area contributed by atoms with E-state index in [0.717, 1.165) is 30.5 Å². The number of hydrogen-bond acceptors (Lipinski definition) is 4. The molecule has 2 aromatic rings. The largest absolute Gasteiger partial charge is 0.385 e. The molecule has 5 nitrogen and oxygen atoms in total. The highest BCUT2D eigenvalue weighted by molar-refractivity contribution is 7.10. The number of amides is 1. The minimum Gasteiger partial charge on any atom is -0.385 e. The molecule has 0 bridgehead atoms. The van der Waals surface area contributed by atoms with Crippen LogP contribution < -0.4 is 5.32 Å². The van der Waals surface area contributed by atoms with Crippen LogP contribution in [0.3, 0.4) is 0 Å². The van der Waals surface area contributed by atoms with Gasteiger partial charge in [-0.1, -0.05) is 0 Å². The van der Waals surface area contributed by atoms with Gasteiger partial charge in [0.1, 0.15) is 0 Å². The molecule has 0 saturated heterocycles. The Balaban J connectivity index is 1.83. The Bertz CT molecular complexity index is 660. The Morgan fingerprint density at radius 3 is 3.19 bits per heavy atom. The second-order valence-corrected chi connectivity index (χ2v) is 6.16. The smallest absolute Gasteiger partial charge is 0.272 e. The molecule has 0 aromatic carbocycles. The molecule has 1 amide bonds. The van der Waals surface area contributed by atoms with Crippen molar-refractivity contribution in [2.45, 2.75) is 19.3 Å². The van der Waals surface area contributed by atoms with Gasteiger partial charge in [0.15, 0.2) is 5.69 Å². The first-order valence-corrected chi connectivity index (χ1v) is 8.00. The van der Waals surface area contributed by atoms with Gasteiger partial charge in [0.25, 0.3) is 5.91 Å². The molecule has 112 valence electrons. The molecule has 2 heterocycles. The molecule has 0 radical (unpaired) electrons. The molecule has 21 heavy (non-hydrogen) atoms. The average molecular weight is 305 g/mol. The van der Waals surface area contributed by atoms with Crippen molar-refractivity contribution in [2.24, 2.45) is 7.05 Å². The molecule has 6 heteroatoms. The predicted molar refractivity (Wildman–Crippen MR) is 82.8 cm³/mol. The summed E-state index contributed by atoms with van der Waals surface area (Å²) in [4.78, 5) is 13.7. The monoisotopic (exact) mass is 305 g/mol. The third-order valence-electron chi connectivity index (χ3n) is 3.77. The Hall–Kier alpha value is -1.66. The molecule has 3 rings (SSSR count). The van der Waals surface area contributed by atoms with Gasteiger partial charge < -0.3 is 10.1 Å². The third-order valence-corrected chi connectivity index (χ3v) is 4.75. The zero-order valence-corrected chi connectivity index (χ0v) is 13.1. The number of ether oxygens (including phenoxy) is 1. The van der Waals surface area contributed by atoms with Crippen LogP contribution in [0.15, 0.2) is 11.4 Å². The molecular formula is C15H19N3O2S. The van der Waals surface area contributed by atoms with Crippen LogP contribution in [-0.4, -0.2) is 35.9 Å². The zero-order chi connectivity index (χ0) is 14.8. The van der Waals surface area contributed by atoms with Gasteiger partial charge in [-0.3, -0.25) is 9.48 Å². The summed E-state index contributed by atoms with van der Waals surface area (Å²) in [5.41, 5.74) is 3.98. The molecule has 0 unspecified atom stereocenters. The molecule has 1 N–H and O–H groups in total. The lowest BCUT2D eigenvalue weighted by Crippen LogP contribution is -2.26. The van der Waals surface area contributed by atoms with E-state index in [-0.39, 0.29) is 5.91 Å². The van der Waals surface area contributed by atoms with E-state index in [1.807, 2.05) is 11.7 Å². The summed E-state index contributed by atoms with van der Waals surface area (Å²) in [7, 11) is 3.57. The summed E-state index contributed by atoms with van der Waals surface area (Å²) in [6, 6.07) is 2.12. The van der Waals surface area contributed by atoms with Gasteiger partial charge in [0.05, 0.1) is 5.69 Å². The first-order chi connectivity index (χ1) is 10.2. The summed E-state index contributed by atoms with van der Waals surface area (Å²) in [6.45, 7) is 1.26. The van der Waals surface area contributed by atoms with Crippen molar-refractivity contribution in [1.29, 1.82) is 0 Å². The van der Waals surface area contributed by atoms with Crippen LogP contribution in [0.25, 0.3) is 11.3 Å². The zero-order valence-electron chi connectivity index (χ0n) is 12.3. The maximum atomic E-state index is 12.3. The number of fused-ring (bicyclic) bond motifs is 3. The van der Waals surface area contributed by atoms with Gasteiger partial charge in [0.2, 0.25) is 0 Å². The van der Waals surface area contributed by atoms with Crippen molar-refractivity contribution < 1.29 is 9.53 Å². The average Bonchev–Trinajstić information content (AvgIpc) is 3.07. The van der Waals surface area contributed by atoms with Gasteiger partial charge in [0, 0.05) is 43.3 Å². The summed E-state index contributed by atoms with van der Waals surface area (Å²) >= 11 is 1.78. The lowest BCUT2D eigenvalue weighted by molar-refractivity contribution is 0.0942. The fraction of sp³-hybridized carbons (Fsp3) is 0.467. The van der Waals surface area contributed by atoms with E-state index in [0.29, 0.717) is 18.8 Å². The predicted octanol–water partition coefficient (Wildman–Crippen LogP) is 2.01. The van der Waals surface area contributed by atoms with Gasteiger partial charge in [-0.2, -0.15) is 5.10 Å². The summed E-state index contributed by atoms with van der Waals surface area (Å²) in [6.07, 6.45) is 2.69. The third kappa shape index (κ3) is 2.61. The van der Waals surface area contributed by atoms with Crippen LogP contribution in [0.4, 0.5) is 0 Å². The molecule has 1 aliphatic carbocycles. The van der Waals surface area contributed by atoms with Crippen LogP contribution in [-0.2, 0) is 24.6 Å². The van der Waals surface area contributed by atoms with Crippen LogP contribution in [0.5, 0.6) is 0 Å². The van der Waals surface area contributed by atoms with Crippen molar-refractivity contribution >= 4 is 17.2 Å². The standard InChI is InChI=1S/C15H19N3O2S/c1-18-14-10-6-9-21-12(10)5-4-11(14)13(17-18)15(19)16-7-3-8-20-2/h6,9H,3-5,7-8H2,1-2H3,(H,16,19). The van der Waals surface area contributed by atoms with Gasteiger partial charge in [-0.05, 0) is 30.7 Å². The van der Waals surface area contributed by atoms with E-state index < -0.39 is 0 Å². The molecule has 0 spiro atoms. The minimum atomic E-state index is -0.0818. The lowest BCUT2D eigenvalue weighted by Gasteiger charge is -2.13. The van der Waals surface area contributed by atoms with Gasteiger partial charge in [-0.15, -0.1) is 11.3 Å².